The smallest absolute Gasteiger partial charge is 0.287 e. The van der Waals surface area contributed by atoms with Crippen LogP contribution in [0.2, 0.25) is 0 Å². The lowest BCUT2D eigenvalue weighted by Gasteiger charge is -2.26. The monoisotopic (exact) mass is 377 g/mol. The standard InChI is InChI=1S/C19H31N5O3/c1-3-23(4-2)19(26)16-15-7-5-6-9-24(15)17(21-16)18(25)20-8-10-22-11-13-27-14-12-22/h3-14H2,1-2H3,(H,20,25). The minimum atomic E-state index is -0.190. The minimum absolute atomic E-state index is 0.0713. The number of fused-ring (bicyclic) bond motifs is 1. The van der Waals surface area contributed by atoms with Crippen molar-refractivity contribution in [1.82, 2.24) is 24.7 Å². The molecule has 3 rings (SSSR count). The predicted molar refractivity (Wildman–Crippen MR) is 102 cm³/mol. The molecule has 2 aliphatic rings. The molecular weight excluding hydrogens is 346 g/mol. The fourth-order valence-corrected chi connectivity index (χ4v) is 3.78. The summed E-state index contributed by atoms with van der Waals surface area (Å²) in [6, 6.07) is 0. The van der Waals surface area contributed by atoms with E-state index in [-0.39, 0.29) is 11.8 Å². The van der Waals surface area contributed by atoms with Gasteiger partial charge in [0.15, 0.2) is 5.82 Å². The number of amides is 2. The second-order valence-corrected chi connectivity index (χ2v) is 7.03. The van der Waals surface area contributed by atoms with Crippen LogP contribution in [0.25, 0.3) is 0 Å². The maximum atomic E-state index is 12.8. The van der Waals surface area contributed by atoms with E-state index in [1.54, 1.807) is 4.90 Å². The van der Waals surface area contributed by atoms with E-state index in [0.717, 1.165) is 64.3 Å². The summed E-state index contributed by atoms with van der Waals surface area (Å²) in [7, 11) is 0. The van der Waals surface area contributed by atoms with Gasteiger partial charge in [0, 0.05) is 45.8 Å². The summed E-state index contributed by atoms with van der Waals surface area (Å²) >= 11 is 0. The quantitative estimate of drug-likeness (QED) is 0.759. The maximum Gasteiger partial charge on any atom is 0.287 e. The minimum Gasteiger partial charge on any atom is -0.379 e. The predicted octanol–water partition coefficient (Wildman–Crippen LogP) is 0.763. The molecule has 0 atom stereocenters. The Morgan fingerprint density at radius 1 is 1.15 bits per heavy atom. The number of nitrogens with one attached hydrogen (secondary N) is 1. The average Bonchev–Trinajstić information content (AvgIpc) is 3.09. The van der Waals surface area contributed by atoms with Crippen molar-refractivity contribution in [1.29, 1.82) is 0 Å². The van der Waals surface area contributed by atoms with E-state index in [4.69, 9.17) is 4.74 Å². The molecular formula is C19H31N5O3. The Balaban J connectivity index is 1.70. The SMILES string of the molecule is CCN(CC)C(=O)c1nc(C(=O)NCCN2CCOCC2)n2c1CCCC2. The zero-order chi connectivity index (χ0) is 19.2. The van der Waals surface area contributed by atoms with E-state index < -0.39 is 0 Å². The fraction of sp³-hybridized carbons (Fsp3) is 0.737. The third-order valence-corrected chi connectivity index (χ3v) is 5.39. The van der Waals surface area contributed by atoms with Crippen molar-refractivity contribution in [2.75, 3.05) is 52.5 Å². The summed E-state index contributed by atoms with van der Waals surface area (Å²) in [5.41, 5.74) is 1.37. The van der Waals surface area contributed by atoms with Crippen molar-refractivity contribution in [2.45, 2.75) is 39.7 Å². The second-order valence-electron chi connectivity index (χ2n) is 7.03. The van der Waals surface area contributed by atoms with E-state index in [9.17, 15) is 9.59 Å². The van der Waals surface area contributed by atoms with Crippen molar-refractivity contribution in [3.63, 3.8) is 0 Å². The molecule has 8 heteroatoms. The number of hydrogen-bond donors (Lipinski definition) is 1. The van der Waals surface area contributed by atoms with Crippen molar-refractivity contribution >= 4 is 11.8 Å². The van der Waals surface area contributed by atoms with Crippen LogP contribution in [0, 0.1) is 0 Å². The Kier molecular flexibility index (Phi) is 6.84. The van der Waals surface area contributed by atoms with Gasteiger partial charge in [-0.05, 0) is 33.1 Å². The van der Waals surface area contributed by atoms with Crippen LogP contribution in [-0.4, -0.2) is 83.6 Å². The number of nitrogens with zero attached hydrogens (tertiary/aromatic N) is 4. The maximum absolute atomic E-state index is 12.8. The lowest BCUT2D eigenvalue weighted by Crippen LogP contribution is -2.41. The summed E-state index contributed by atoms with van der Waals surface area (Å²) in [6.45, 7) is 10.6. The van der Waals surface area contributed by atoms with Gasteiger partial charge in [-0.1, -0.05) is 0 Å². The Morgan fingerprint density at radius 3 is 2.59 bits per heavy atom. The van der Waals surface area contributed by atoms with Crippen molar-refractivity contribution in [3.8, 4) is 0 Å². The summed E-state index contributed by atoms with van der Waals surface area (Å²) in [4.78, 5) is 34.1. The molecule has 1 saturated heterocycles. The molecule has 0 unspecified atom stereocenters. The van der Waals surface area contributed by atoms with Crippen molar-refractivity contribution < 1.29 is 14.3 Å². The number of hydrogen-bond acceptors (Lipinski definition) is 5. The molecule has 27 heavy (non-hydrogen) atoms. The summed E-state index contributed by atoms with van der Waals surface area (Å²) in [5.74, 6) is 0.116. The molecule has 1 fully saturated rings. The first kappa shape index (κ1) is 19.8. The molecule has 150 valence electrons. The van der Waals surface area contributed by atoms with Gasteiger partial charge in [0.1, 0.15) is 5.69 Å². The van der Waals surface area contributed by atoms with Crippen LogP contribution in [0.5, 0.6) is 0 Å². The average molecular weight is 377 g/mol. The van der Waals surface area contributed by atoms with Gasteiger partial charge in [-0.25, -0.2) is 4.98 Å². The molecule has 8 nitrogen and oxygen atoms in total. The highest BCUT2D eigenvalue weighted by molar-refractivity contribution is 5.97. The number of rotatable bonds is 7. The highest BCUT2D eigenvalue weighted by Gasteiger charge is 2.29. The molecule has 2 aliphatic heterocycles. The van der Waals surface area contributed by atoms with Gasteiger partial charge in [0.05, 0.1) is 18.9 Å². The van der Waals surface area contributed by atoms with E-state index >= 15 is 0 Å². The number of morpholine rings is 1. The van der Waals surface area contributed by atoms with Crippen molar-refractivity contribution in [2.24, 2.45) is 0 Å². The molecule has 2 amide bonds. The van der Waals surface area contributed by atoms with Crippen LogP contribution in [0.1, 0.15) is 53.5 Å². The van der Waals surface area contributed by atoms with Gasteiger partial charge in [-0.3, -0.25) is 14.5 Å². The summed E-state index contributed by atoms with van der Waals surface area (Å²) in [6.07, 6.45) is 2.84. The molecule has 0 aromatic carbocycles. The highest BCUT2D eigenvalue weighted by Crippen LogP contribution is 2.22. The Labute approximate surface area is 160 Å². The molecule has 1 aromatic heterocycles. The largest absolute Gasteiger partial charge is 0.379 e. The van der Waals surface area contributed by atoms with Gasteiger partial charge in [0.25, 0.3) is 11.8 Å². The Bertz CT molecular complexity index is 663. The van der Waals surface area contributed by atoms with Crippen LogP contribution in [0.15, 0.2) is 0 Å². The van der Waals surface area contributed by atoms with Crippen LogP contribution >= 0.6 is 0 Å². The van der Waals surface area contributed by atoms with E-state index in [0.29, 0.717) is 31.2 Å². The van der Waals surface area contributed by atoms with Crippen LogP contribution < -0.4 is 5.32 Å². The van der Waals surface area contributed by atoms with Gasteiger partial charge in [-0.15, -0.1) is 0 Å². The topological polar surface area (TPSA) is 79.7 Å². The first-order valence-corrected chi connectivity index (χ1v) is 10.1. The molecule has 0 aliphatic carbocycles. The highest BCUT2D eigenvalue weighted by atomic mass is 16.5. The molecule has 0 radical (unpaired) electrons. The molecule has 3 heterocycles. The number of carbonyl (C=O) groups is 2. The van der Waals surface area contributed by atoms with Crippen LogP contribution in [0.4, 0.5) is 0 Å². The lowest BCUT2D eigenvalue weighted by atomic mass is 10.1. The lowest BCUT2D eigenvalue weighted by molar-refractivity contribution is 0.0383. The fourth-order valence-electron chi connectivity index (χ4n) is 3.78. The Morgan fingerprint density at radius 2 is 1.89 bits per heavy atom. The van der Waals surface area contributed by atoms with Crippen molar-refractivity contribution in [3.05, 3.63) is 17.2 Å². The Hall–Kier alpha value is -1.93. The number of carbonyl (C=O) groups excluding carboxylic acids is 2. The molecule has 0 spiro atoms. The number of aromatic nitrogens is 2. The number of ether oxygens (including phenoxy) is 1. The van der Waals surface area contributed by atoms with Gasteiger partial charge in [0.2, 0.25) is 0 Å². The van der Waals surface area contributed by atoms with Gasteiger partial charge in [-0.2, -0.15) is 0 Å². The molecule has 0 bridgehead atoms. The number of imidazole rings is 1. The first-order chi connectivity index (χ1) is 13.2. The zero-order valence-electron chi connectivity index (χ0n) is 16.5. The van der Waals surface area contributed by atoms with Gasteiger partial charge < -0.3 is 19.5 Å². The molecule has 0 saturated carbocycles. The third-order valence-electron chi connectivity index (χ3n) is 5.39. The summed E-state index contributed by atoms with van der Waals surface area (Å²) < 4.78 is 7.29. The zero-order valence-corrected chi connectivity index (χ0v) is 16.5. The van der Waals surface area contributed by atoms with Crippen LogP contribution in [-0.2, 0) is 17.7 Å². The van der Waals surface area contributed by atoms with E-state index in [2.05, 4.69) is 15.2 Å². The third kappa shape index (κ3) is 4.50. The first-order valence-electron chi connectivity index (χ1n) is 10.1. The van der Waals surface area contributed by atoms with Gasteiger partial charge >= 0.3 is 0 Å². The molecule has 1 aromatic rings. The normalized spacial score (nSPS) is 17.4. The molecule has 1 N–H and O–H groups in total. The summed E-state index contributed by atoms with van der Waals surface area (Å²) in [5, 5.41) is 2.98. The second kappa shape index (κ2) is 9.32. The van der Waals surface area contributed by atoms with E-state index in [1.807, 2.05) is 18.4 Å². The van der Waals surface area contributed by atoms with E-state index in [1.165, 1.54) is 0 Å². The van der Waals surface area contributed by atoms with Crippen LogP contribution in [0.3, 0.4) is 0 Å².